The van der Waals surface area contributed by atoms with Crippen LogP contribution in [-0.2, 0) is 14.8 Å². The molecular formula is C31H33FN4O5S. The minimum Gasteiger partial charge on any atom is -0.493 e. The molecule has 3 aromatic carbocycles. The number of methoxy groups -OCH3 is 2. The van der Waals surface area contributed by atoms with Crippen molar-refractivity contribution in [1.82, 2.24) is 9.99 Å². The third kappa shape index (κ3) is 6.46. The van der Waals surface area contributed by atoms with Gasteiger partial charge in [-0.1, -0.05) is 6.07 Å². The van der Waals surface area contributed by atoms with Crippen LogP contribution in [-0.4, -0.2) is 45.9 Å². The van der Waals surface area contributed by atoms with Gasteiger partial charge in [-0.25, -0.2) is 18.2 Å². The summed E-state index contributed by atoms with van der Waals surface area (Å²) in [5.74, 6) is -0.698. The molecule has 0 saturated carbocycles. The molecule has 0 fully saturated rings. The number of rotatable bonds is 10. The molecule has 1 N–H and O–H groups in total. The van der Waals surface area contributed by atoms with Gasteiger partial charge < -0.3 is 14.0 Å². The van der Waals surface area contributed by atoms with Gasteiger partial charge in [0.2, 0.25) is 0 Å². The van der Waals surface area contributed by atoms with Gasteiger partial charge in [-0.3, -0.25) is 9.10 Å². The Labute approximate surface area is 245 Å². The SMILES string of the molecule is COc1ccc(S(=O)(=O)N(CC(=O)N/N=C\c2cc(C)n(-c3cc(C)cc(C)c3)c2C)c2ccc(F)cc2)cc1OC. The number of carbonyl (C=O) groups excluding carboxylic acids is 1. The Morgan fingerprint density at radius 2 is 1.57 bits per heavy atom. The highest BCUT2D eigenvalue weighted by Gasteiger charge is 2.28. The summed E-state index contributed by atoms with van der Waals surface area (Å²) in [5, 5.41) is 4.10. The molecule has 220 valence electrons. The van der Waals surface area contributed by atoms with E-state index in [1.54, 1.807) is 0 Å². The Bertz CT molecular complexity index is 1730. The molecule has 1 aromatic heterocycles. The van der Waals surface area contributed by atoms with Crippen LogP contribution in [0.5, 0.6) is 11.5 Å². The second kappa shape index (κ2) is 12.5. The predicted molar refractivity (Wildman–Crippen MR) is 161 cm³/mol. The Balaban J connectivity index is 1.59. The second-order valence-corrected chi connectivity index (χ2v) is 11.7. The monoisotopic (exact) mass is 592 g/mol. The fourth-order valence-electron chi connectivity index (χ4n) is 4.76. The summed E-state index contributed by atoms with van der Waals surface area (Å²) in [5.41, 5.74) is 8.56. The average Bonchev–Trinajstić information content (AvgIpc) is 3.23. The van der Waals surface area contributed by atoms with Crippen molar-refractivity contribution in [3.63, 3.8) is 0 Å². The lowest BCUT2D eigenvalue weighted by Crippen LogP contribution is -2.39. The number of hydrazone groups is 1. The molecule has 0 aliphatic carbocycles. The van der Waals surface area contributed by atoms with E-state index >= 15 is 0 Å². The molecule has 0 aliphatic rings. The van der Waals surface area contributed by atoms with E-state index in [9.17, 15) is 17.6 Å². The van der Waals surface area contributed by atoms with Gasteiger partial charge in [0.05, 0.1) is 31.0 Å². The molecule has 0 radical (unpaired) electrons. The number of hydrogen-bond acceptors (Lipinski definition) is 6. The fourth-order valence-corrected chi connectivity index (χ4v) is 6.20. The first-order valence-corrected chi connectivity index (χ1v) is 14.5. The van der Waals surface area contributed by atoms with Crippen molar-refractivity contribution in [2.45, 2.75) is 32.6 Å². The van der Waals surface area contributed by atoms with Gasteiger partial charge in [0.1, 0.15) is 12.4 Å². The maximum atomic E-state index is 13.7. The van der Waals surface area contributed by atoms with E-state index in [1.165, 1.54) is 50.8 Å². The summed E-state index contributed by atoms with van der Waals surface area (Å²) < 4.78 is 54.5. The molecule has 11 heteroatoms. The van der Waals surface area contributed by atoms with E-state index in [2.05, 4.69) is 33.3 Å². The zero-order chi connectivity index (χ0) is 30.6. The number of amides is 1. The van der Waals surface area contributed by atoms with E-state index in [0.717, 1.165) is 50.2 Å². The first kappa shape index (κ1) is 30.3. The van der Waals surface area contributed by atoms with Crippen molar-refractivity contribution in [2.24, 2.45) is 5.10 Å². The minimum atomic E-state index is -4.28. The molecule has 0 atom stereocenters. The molecule has 4 aromatic rings. The number of halogens is 1. The van der Waals surface area contributed by atoms with Gasteiger partial charge in [0.25, 0.3) is 15.9 Å². The second-order valence-electron chi connectivity index (χ2n) is 9.81. The molecule has 0 spiro atoms. The molecular weight excluding hydrogens is 559 g/mol. The van der Waals surface area contributed by atoms with Crippen LogP contribution in [0.1, 0.15) is 28.1 Å². The number of sulfonamides is 1. The van der Waals surface area contributed by atoms with Crippen LogP contribution >= 0.6 is 0 Å². The number of carbonyl (C=O) groups is 1. The third-order valence-corrected chi connectivity index (χ3v) is 8.44. The maximum Gasteiger partial charge on any atom is 0.264 e. The number of nitrogens with one attached hydrogen (secondary N) is 1. The van der Waals surface area contributed by atoms with E-state index in [-0.39, 0.29) is 16.3 Å². The van der Waals surface area contributed by atoms with Crippen LogP contribution in [0.3, 0.4) is 0 Å². The third-order valence-electron chi connectivity index (χ3n) is 6.67. The number of hydrogen-bond donors (Lipinski definition) is 1. The highest BCUT2D eigenvalue weighted by atomic mass is 32.2. The average molecular weight is 593 g/mol. The van der Waals surface area contributed by atoms with Gasteiger partial charge in [0.15, 0.2) is 11.5 Å². The molecule has 9 nitrogen and oxygen atoms in total. The molecule has 1 amide bonds. The van der Waals surface area contributed by atoms with E-state index in [0.29, 0.717) is 5.75 Å². The standard InChI is InChI=1S/C31H33FN4O5S/c1-20-13-21(2)15-27(14-20)36-22(3)16-24(23(36)4)18-33-34-31(37)19-35(26-9-7-25(32)8-10-26)42(38,39)28-11-12-29(40-5)30(17-28)41-6/h7-18H,19H2,1-6H3,(H,34,37)/b33-18-. The smallest absolute Gasteiger partial charge is 0.264 e. The van der Waals surface area contributed by atoms with Gasteiger partial charge in [-0.05, 0) is 93.4 Å². The molecule has 42 heavy (non-hydrogen) atoms. The van der Waals surface area contributed by atoms with E-state index in [4.69, 9.17) is 9.47 Å². The Morgan fingerprint density at radius 1 is 0.929 bits per heavy atom. The molecule has 1 heterocycles. The van der Waals surface area contributed by atoms with Crippen molar-refractivity contribution in [3.05, 3.63) is 101 Å². The number of aromatic nitrogens is 1. The Kier molecular flexibility index (Phi) is 9.01. The maximum absolute atomic E-state index is 13.7. The van der Waals surface area contributed by atoms with Crippen molar-refractivity contribution in [2.75, 3.05) is 25.1 Å². The van der Waals surface area contributed by atoms with Crippen molar-refractivity contribution in [3.8, 4) is 17.2 Å². The van der Waals surface area contributed by atoms with Crippen LogP contribution in [0.15, 0.2) is 76.7 Å². The highest BCUT2D eigenvalue weighted by Crippen LogP contribution is 2.32. The molecule has 0 saturated heterocycles. The normalized spacial score (nSPS) is 11.5. The zero-order valence-electron chi connectivity index (χ0n) is 24.3. The molecule has 0 aliphatic heterocycles. The van der Waals surface area contributed by atoms with Crippen LogP contribution < -0.4 is 19.2 Å². The first-order chi connectivity index (χ1) is 19.9. The number of ether oxygens (including phenoxy) is 2. The summed E-state index contributed by atoms with van der Waals surface area (Å²) in [7, 11) is -1.47. The van der Waals surface area contributed by atoms with Crippen molar-refractivity contribution >= 4 is 27.8 Å². The summed E-state index contributed by atoms with van der Waals surface area (Å²) in [6, 6.07) is 17.1. The van der Waals surface area contributed by atoms with Crippen LogP contribution in [0.4, 0.5) is 10.1 Å². The summed E-state index contributed by atoms with van der Waals surface area (Å²) in [6.07, 6.45) is 1.52. The summed E-state index contributed by atoms with van der Waals surface area (Å²) in [6.45, 7) is 7.42. The highest BCUT2D eigenvalue weighted by molar-refractivity contribution is 7.92. The van der Waals surface area contributed by atoms with Crippen LogP contribution in [0.2, 0.25) is 0 Å². The van der Waals surface area contributed by atoms with Gasteiger partial charge in [0, 0.05) is 28.7 Å². The lowest BCUT2D eigenvalue weighted by atomic mass is 10.1. The van der Waals surface area contributed by atoms with E-state index < -0.39 is 28.3 Å². The summed E-state index contributed by atoms with van der Waals surface area (Å²) in [4.78, 5) is 12.8. The van der Waals surface area contributed by atoms with Gasteiger partial charge in [-0.2, -0.15) is 5.10 Å². The predicted octanol–water partition coefficient (Wildman–Crippen LogP) is 5.21. The quantitative estimate of drug-likeness (QED) is 0.201. The first-order valence-electron chi connectivity index (χ1n) is 13.0. The van der Waals surface area contributed by atoms with Crippen LogP contribution in [0.25, 0.3) is 5.69 Å². The van der Waals surface area contributed by atoms with Crippen molar-refractivity contribution in [1.29, 1.82) is 0 Å². The van der Waals surface area contributed by atoms with E-state index in [1.807, 2.05) is 33.8 Å². The Hall–Kier alpha value is -4.64. The number of anilines is 1. The number of benzene rings is 3. The molecule has 4 rings (SSSR count). The number of aryl methyl sites for hydroxylation is 3. The topological polar surface area (TPSA) is 102 Å². The zero-order valence-corrected chi connectivity index (χ0v) is 25.1. The van der Waals surface area contributed by atoms with Gasteiger partial charge >= 0.3 is 0 Å². The van der Waals surface area contributed by atoms with Crippen molar-refractivity contribution < 1.29 is 27.1 Å². The lowest BCUT2D eigenvalue weighted by molar-refractivity contribution is -0.119. The summed E-state index contributed by atoms with van der Waals surface area (Å²) >= 11 is 0. The van der Waals surface area contributed by atoms with Crippen LogP contribution in [0, 0.1) is 33.5 Å². The number of nitrogens with zero attached hydrogens (tertiary/aromatic N) is 3. The van der Waals surface area contributed by atoms with Gasteiger partial charge in [-0.15, -0.1) is 0 Å². The largest absolute Gasteiger partial charge is 0.493 e. The lowest BCUT2D eigenvalue weighted by Gasteiger charge is -2.24. The molecule has 0 unspecified atom stereocenters. The minimum absolute atomic E-state index is 0.0994. The Morgan fingerprint density at radius 3 is 2.19 bits per heavy atom. The fraction of sp³-hybridized carbons (Fsp3) is 0.226. The molecule has 0 bridgehead atoms.